The highest BCUT2D eigenvalue weighted by molar-refractivity contribution is 5.85. The lowest BCUT2D eigenvalue weighted by Gasteiger charge is -2.07. The van der Waals surface area contributed by atoms with Crippen LogP contribution in [-0.4, -0.2) is 63.9 Å². The van der Waals surface area contributed by atoms with Gasteiger partial charge in [0.2, 0.25) is 0 Å². The van der Waals surface area contributed by atoms with Crippen molar-refractivity contribution in [1.82, 2.24) is 30.0 Å². The summed E-state index contributed by atoms with van der Waals surface area (Å²) in [4.78, 5) is 24.6. The Morgan fingerprint density at radius 3 is 1.57 bits per heavy atom. The second-order valence-corrected chi connectivity index (χ2v) is 10.1. The van der Waals surface area contributed by atoms with E-state index in [1.807, 2.05) is 48.5 Å². The Hall–Kier alpha value is -6.30. The molecule has 0 radical (unpaired) electrons. The number of benzene rings is 4. The van der Waals surface area contributed by atoms with E-state index in [9.17, 15) is 19.8 Å². The molecule has 4 aromatic carbocycles. The summed E-state index contributed by atoms with van der Waals surface area (Å²) in [5.74, 6) is -1.31. The summed E-state index contributed by atoms with van der Waals surface area (Å²) in [6, 6.07) is 25.1. The Kier molecular flexibility index (Phi) is 9.47. The number of carboxylic acids is 1. The second-order valence-electron chi connectivity index (χ2n) is 10.1. The molecule has 6 aromatic rings. The number of nitrogens with zero attached hydrogens (tertiary/aromatic N) is 6. The van der Waals surface area contributed by atoms with Crippen molar-refractivity contribution < 1.29 is 29.6 Å². The number of carboxylic acid groups (broad SMARTS) is 1. The highest BCUT2D eigenvalue weighted by Crippen LogP contribution is 2.25. The van der Waals surface area contributed by atoms with E-state index in [1.165, 1.54) is 9.59 Å². The summed E-state index contributed by atoms with van der Waals surface area (Å²) in [5.41, 5.74) is 5.83. The summed E-state index contributed by atoms with van der Waals surface area (Å²) < 4.78 is 4.96. The third-order valence-electron chi connectivity index (χ3n) is 6.90. The summed E-state index contributed by atoms with van der Waals surface area (Å²) in [5, 5.41) is 46.4. The monoisotopic (exact) mass is 618 g/mol. The predicted octanol–water partition coefficient (Wildman–Crippen LogP) is 5.10. The Balaban J connectivity index is 0.000000181. The van der Waals surface area contributed by atoms with Crippen LogP contribution in [-0.2, 0) is 27.2 Å². The van der Waals surface area contributed by atoms with E-state index in [4.69, 9.17) is 9.84 Å². The van der Waals surface area contributed by atoms with Crippen LogP contribution in [0.4, 0.5) is 0 Å². The van der Waals surface area contributed by atoms with Gasteiger partial charge in [-0.05, 0) is 72.5 Å². The minimum atomic E-state index is -0.996. The van der Waals surface area contributed by atoms with Crippen molar-refractivity contribution in [3.63, 3.8) is 0 Å². The summed E-state index contributed by atoms with van der Waals surface area (Å²) in [7, 11) is 0. The van der Waals surface area contributed by atoms with Crippen molar-refractivity contribution in [2.24, 2.45) is 0 Å². The first-order chi connectivity index (χ1) is 22.2. The smallest absolute Gasteiger partial charge is 0.330 e. The zero-order valence-corrected chi connectivity index (χ0v) is 24.7. The van der Waals surface area contributed by atoms with Gasteiger partial charge in [-0.3, -0.25) is 0 Å². The number of aryl methyl sites for hydroxylation is 1. The minimum Gasteiger partial charge on any atom is -0.506 e. The van der Waals surface area contributed by atoms with Crippen LogP contribution >= 0.6 is 0 Å². The minimum absolute atomic E-state index is 0.0612. The molecule has 0 spiro atoms. The average Bonchev–Trinajstić information content (AvgIpc) is 3.69. The third kappa shape index (κ3) is 7.42. The van der Waals surface area contributed by atoms with Gasteiger partial charge in [-0.15, -0.1) is 30.0 Å². The van der Waals surface area contributed by atoms with Gasteiger partial charge in [0.25, 0.3) is 0 Å². The predicted molar refractivity (Wildman–Crippen MR) is 171 cm³/mol. The van der Waals surface area contributed by atoms with Crippen LogP contribution in [0, 0.1) is 0 Å². The highest BCUT2D eigenvalue weighted by atomic mass is 16.5. The molecule has 0 amide bonds. The van der Waals surface area contributed by atoms with E-state index < -0.39 is 11.9 Å². The third-order valence-corrected chi connectivity index (χ3v) is 6.90. The van der Waals surface area contributed by atoms with Crippen molar-refractivity contribution in [3.05, 3.63) is 121 Å². The van der Waals surface area contributed by atoms with Crippen LogP contribution in [0.2, 0.25) is 0 Å². The fraction of sp³-hybridized carbons (Fsp3) is 0.118. The van der Waals surface area contributed by atoms with Gasteiger partial charge in [-0.25, -0.2) is 9.59 Å². The van der Waals surface area contributed by atoms with Gasteiger partial charge in [-0.1, -0.05) is 49.6 Å². The van der Waals surface area contributed by atoms with E-state index in [2.05, 4.69) is 33.6 Å². The van der Waals surface area contributed by atoms with Crippen LogP contribution in [0.15, 0.2) is 110 Å². The number of ether oxygens (including phenoxy) is 1. The molecule has 0 aliphatic carbocycles. The SMILES string of the molecule is C=C(CCc1ccc(O)c(-n2nc3ccccc3n2)c1)C(=O)O.C=CC(=O)OCCc1ccc(O)c(-n2nc3ccccc3n2)c1. The van der Waals surface area contributed by atoms with Crippen molar-refractivity contribution >= 4 is 34.0 Å². The molecule has 2 heterocycles. The molecular formula is C34H30N6O6. The topological polar surface area (TPSA) is 165 Å². The fourth-order valence-corrected chi connectivity index (χ4v) is 4.43. The maximum Gasteiger partial charge on any atom is 0.330 e. The maximum absolute atomic E-state index is 11.0. The van der Waals surface area contributed by atoms with Gasteiger partial charge in [0.05, 0.1) is 6.61 Å². The number of esters is 1. The first-order valence-corrected chi connectivity index (χ1v) is 14.2. The quantitative estimate of drug-likeness (QED) is 0.139. The standard InChI is InChI=1S/2C17H15N3O3/c1-11(17(22)23)6-7-12-8-9-16(21)15(10-12)20-18-13-4-2-3-5-14(13)19-20;1-2-17(22)23-10-9-12-7-8-16(21)15(11-12)20-18-13-5-3-4-6-14(13)19-20/h2-5,8-10,21H,1,6-7H2,(H,22,23);2-8,11,21H,1,9-10H2. The van der Waals surface area contributed by atoms with Crippen molar-refractivity contribution in [3.8, 4) is 22.9 Å². The number of rotatable bonds is 10. The molecule has 2 aromatic heterocycles. The summed E-state index contributed by atoms with van der Waals surface area (Å²) in [6.45, 7) is 7.10. The lowest BCUT2D eigenvalue weighted by atomic mass is 10.0. The fourth-order valence-electron chi connectivity index (χ4n) is 4.43. The zero-order chi connectivity index (χ0) is 32.6. The lowest BCUT2D eigenvalue weighted by molar-refractivity contribution is -0.137. The molecule has 0 saturated heterocycles. The summed E-state index contributed by atoms with van der Waals surface area (Å²) >= 11 is 0. The number of aliphatic carboxylic acids is 1. The van der Waals surface area contributed by atoms with Gasteiger partial charge in [0, 0.05) is 18.1 Å². The van der Waals surface area contributed by atoms with Crippen LogP contribution in [0.3, 0.4) is 0 Å². The van der Waals surface area contributed by atoms with E-state index in [1.54, 1.807) is 36.4 Å². The number of carbonyl (C=O) groups is 2. The second kappa shape index (κ2) is 14.0. The average molecular weight is 619 g/mol. The first-order valence-electron chi connectivity index (χ1n) is 14.2. The van der Waals surface area contributed by atoms with Crippen LogP contribution in [0.1, 0.15) is 17.5 Å². The number of hydrogen-bond donors (Lipinski definition) is 3. The Morgan fingerprint density at radius 2 is 1.15 bits per heavy atom. The number of aromatic hydroxyl groups is 2. The molecule has 232 valence electrons. The van der Waals surface area contributed by atoms with E-state index in [0.717, 1.165) is 39.3 Å². The van der Waals surface area contributed by atoms with Crippen molar-refractivity contribution in [1.29, 1.82) is 0 Å². The van der Waals surface area contributed by atoms with E-state index >= 15 is 0 Å². The molecule has 0 unspecified atom stereocenters. The van der Waals surface area contributed by atoms with E-state index in [-0.39, 0.29) is 23.7 Å². The van der Waals surface area contributed by atoms with E-state index in [0.29, 0.717) is 30.6 Å². The lowest BCUT2D eigenvalue weighted by Crippen LogP contribution is -2.05. The highest BCUT2D eigenvalue weighted by Gasteiger charge is 2.12. The molecule has 0 bridgehead atoms. The molecular weight excluding hydrogens is 588 g/mol. The zero-order valence-electron chi connectivity index (χ0n) is 24.7. The first kappa shape index (κ1) is 31.1. The largest absolute Gasteiger partial charge is 0.506 e. The normalized spacial score (nSPS) is 10.7. The van der Waals surface area contributed by atoms with Crippen molar-refractivity contribution in [2.45, 2.75) is 19.3 Å². The molecule has 46 heavy (non-hydrogen) atoms. The van der Waals surface area contributed by atoms with Gasteiger partial charge >= 0.3 is 11.9 Å². The number of hydrogen-bond acceptors (Lipinski definition) is 9. The van der Waals surface area contributed by atoms with Crippen molar-refractivity contribution in [2.75, 3.05) is 6.61 Å². The Morgan fingerprint density at radius 1 is 0.717 bits per heavy atom. The molecule has 0 aliphatic heterocycles. The van der Waals surface area contributed by atoms with Gasteiger partial charge in [0.15, 0.2) is 0 Å². The molecule has 0 fully saturated rings. The number of fused-ring (bicyclic) bond motifs is 2. The summed E-state index contributed by atoms with van der Waals surface area (Å²) in [6.07, 6.45) is 2.50. The van der Waals surface area contributed by atoms with Gasteiger partial charge < -0.3 is 20.1 Å². The molecule has 0 atom stereocenters. The number of phenolic OH excluding ortho intramolecular Hbond substituents is 2. The van der Waals surface area contributed by atoms with Gasteiger partial charge in [0.1, 0.15) is 44.9 Å². The molecule has 12 nitrogen and oxygen atoms in total. The molecule has 0 saturated carbocycles. The number of phenols is 2. The molecule has 12 heteroatoms. The van der Waals surface area contributed by atoms with Crippen LogP contribution in [0.25, 0.3) is 33.4 Å². The number of carbonyl (C=O) groups excluding carboxylic acids is 1. The molecule has 3 N–H and O–H groups in total. The molecule has 6 rings (SSSR count). The molecule has 0 aliphatic rings. The maximum atomic E-state index is 11.0. The number of aromatic nitrogens is 6. The Labute approximate surface area is 263 Å². The van der Waals surface area contributed by atoms with Crippen LogP contribution < -0.4 is 0 Å². The Bertz CT molecular complexity index is 2000. The van der Waals surface area contributed by atoms with Gasteiger partial charge in [-0.2, -0.15) is 0 Å². The van der Waals surface area contributed by atoms with Crippen LogP contribution in [0.5, 0.6) is 11.5 Å².